The molecule has 33 heavy (non-hydrogen) atoms. The van der Waals surface area contributed by atoms with E-state index < -0.39 is 12.0 Å². The fraction of sp³-hybridized carbons (Fsp3) is 0.348. The SMILES string of the molecule is O=C(CN1CCC(Cn2c(C(F)(F)F)nc3ccccc32)CC1)Nc1nc2ccccc2s1. The molecule has 1 aliphatic heterocycles. The summed E-state index contributed by atoms with van der Waals surface area (Å²) < 4.78 is 43.0. The number of aromatic nitrogens is 3. The minimum absolute atomic E-state index is 0.0901. The van der Waals surface area contributed by atoms with Crippen molar-refractivity contribution in [3.8, 4) is 0 Å². The maximum atomic E-state index is 13.6. The molecule has 1 N–H and O–H groups in total. The molecule has 0 saturated carbocycles. The summed E-state index contributed by atoms with van der Waals surface area (Å²) in [5.41, 5.74) is 1.71. The van der Waals surface area contributed by atoms with Crippen molar-refractivity contribution in [3.63, 3.8) is 0 Å². The summed E-state index contributed by atoms with van der Waals surface area (Å²) in [6.45, 7) is 1.82. The molecule has 3 heterocycles. The summed E-state index contributed by atoms with van der Waals surface area (Å²) in [5.74, 6) is -0.888. The van der Waals surface area contributed by atoms with Gasteiger partial charge in [0, 0.05) is 6.54 Å². The van der Waals surface area contributed by atoms with Crippen molar-refractivity contribution in [2.24, 2.45) is 5.92 Å². The van der Waals surface area contributed by atoms with Crippen LogP contribution in [0.25, 0.3) is 21.3 Å². The van der Waals surface area contributed by atoms with Crippen molar-refractivity contribution >= 4 is 43.6 Å². The van der Waals surface area contributed by atoms with Crippen LogP contribution in [0, 0.1) is 5.92 Å². The lowest BCUT2D eigenvalue weighted by Crippen LogP contribution is -2.40. The summed E-state index contributed by atoms with van der Waals surface area (Å²) >= 11 is 1.43. The second-order valence-corrected chi connectivity index (χ2v) is 9.32. The molecule has 10 heteroatoms. The number of halogens is 3. The van der Waals surface area contributed by atoms with Gasteiger partial charge in [-0.3, -0.25) is 9.69 Å². The number of hydrogen-bond donors (Lipinski definition) is 1. The number of piperidine rings is 1. The number of hydrogen-bond acceptors (Lipinski definition) is 5. The molecule has 0 bridgehead atoms. The molecule has 4 aromatic rings. The average molecular weight is 474 g/mol. The molecule has 1 saturated heterocycles. The van der Waals surface area contributed by atoms with Crippen molar-refractivity contribution in [1.29, 1.82) is 0 Å². The lowest BCUT2D eigenvalue weighted by Gasteiger charge is -2.32. The minimum Gasteiger partial charge on any atom is -0.320 e. The van der Waals surface area contributed by atoms with Crippen molar-refractivity contribution in [3.05, 3.63) is 54.4 Å². The highest BCUT2D eigenvalue weighted by Gasteiger charge is 2.38. The number of anilines is 1. The molecule has 2 aromatic heterocycles. The molecular weight excluding hydrogens is 451 g/mol. The van der Waals surface area contributed by atoms with E-state index >= 15 is 0 Å². The van der Waals surface area contributed by atoms with Gasteiger partial charge in [-0.05, 0) is 56.1 Å². The first-order chi connectivity index (χ1) is 15.9. The van der Waals surface area contributed by atoms with Gasteiger partial charge in [-0.1, -0.05) is 35.6 Å². The van der Waals surface area contributed by atoms with E-state index in [1.807, 2.05) is 29.2 Å². The van der Waals surface area contributed by atoms with Crippen molar-refractivity contribution in [2.45, 2.75) is 25.6 Å². The number of alkyl halides is 3. The fourth-order valence-corrected chi connectivity index (χ4v) is 5.23. The second kappa shape index (κ2) is 8.75. The van der Waals surface area contributed by atoms with Gasteiger partial charge in [0.1, 0.15) is 0 Å². The molecule has 1 amide bonds. The maximum Gasteiger partial charge on any atom is 0.449 e. The first-order valence-corrected chi connectivity index (χ1v) is 11.6. The van der Waals surface area contributed by atoms with Gasteiger partial charge < -0.3 is 9.88 Å². The quantitative estimate of drug-likeness (QED) is 0.442. The van der Waals surface area contributed by atoms with Crippen LogP contribution in [-0.2, 0) is 17.5 Å². The number of likely N-dealkylation sites (tertiary alicyclic amines) is 1. The molecule has 6 nitrogen and oxygen atoms in total. The third kappa shape index (κ3) is 4.72. The standard InChI is InChI=1S/C23H22F3N5OS/c24-23(25,26)21-27-16-5-1-3-7-18(16)31(21)13-15-9-11-30(12-10-15)14-20(32)29-22-28-17-6-2-4-8-19(17)33-22/h1-8,15H,9-14H2,(H,28,29,32). The number of para-hydroxylation sites is 3. The summed E-state index contributed by atoms with van der Waals surface area (Å²) in [7, 11) is 0. The Morgan fingerprint density at radius 3 is 2.45 bits per heavy atom. The van der Waals surface area contributed by atoms with Gasteiger partial charge in [-0.15, -0.1) is 0 Å². The van der Waals surface area contributed by atoms with Crippen LogP contribution in [-0.4, -0.2) is 45.0 Å². The molecule has 0 radical (unpaired) electrons. The van der Waals surface area contributed by atoms with Crippen LogP contribution in [0.5, 0.6) is 0 Å². The second-order valence-electron chi connectivity index (χ2n) is 8.29. The Morgan fingerprint density at radius 2 is 1.73 bits per heavy atom. The van der Waals surface area contributed by atoms with Crippen LogP contribution in [0.2, 0.25) is 0 Å². The number of nitrogens with one attached hydrogen (secondary N) is 1. The zero-order chi connectivity index (χ0) is 23.0. The van der Waals surface area contributed by atoms with Crippen LogP contribution in [0.15, 0.2) is 48.5 Å². The van der Waals surface area contributed by atoms with E-state index in [0.717, 1.165) is 23.1 Å². The van der Waals surface area contributed by atoms with Gasteiger partial charge in [-0.2, -0.15) is 13.2 Å². The third-order valence-corrected chi connectivity index (χ3v) is 6.92. The first-order valence-electron chi connectivity index (χ1n) is 10.8. The summed E-state index contributed by atoms with van der Waals surface area (Å²) in [4.78, 5) is 22.8. The Kier molecular flexibility index (Phi) is 5.79. The minimum atomic E-state index is -4.50. The van der Waals surface area contributed by atoms with Crippen LogP contribution in [0.3, 0.4) is 0 Å². The monoisotopic (exact) mass is 473 g/mol. The normalized spacial score (nSPS) is 16.0. The Morgan fingerprint density at radius 1 is 1.03 bits per heavy atom. The molecule has 2 aromatic carbocycles. The number of rotatable bonds is 5. The molecule has 5 rings (SSSR count). The molecule has 0 atom stereocenters. The van der Waals surface area contributed by atoms with E-state index in [1.165, 1.54) is 15.9 Å². The molecule has 1 fully saturated rings. The molecule has 0 aliphatic carbocycles. The van der Waals surface area contributed by atoms with E-state index in [-0.39, 0.29) is 24.9 Å². The van der Waals surface area contributed by atoms with Crippen LogP contribution < -0.4 is 5.32 Å². The molecule has 172 valence electrons. The smallest absolute Gasteiger partial charge is 0.320 e. The largest absolute Gasteiger partial charge is 0.449 e. The maximum absolute atomic E-state index is 13.6. The van der Waals surface area contributed by atoms with E-state index in [4.69, 9.17) is 0 Å². The van der Waals surface area contributed by atoms with Gasteiger partial charge in [0.25, 0.3) is 0 Å². The average Bonchev–Trinajstić information content (AvgIpc) is 3.36. The Balaban J connectivity index is 1.19. The van der Waals surface area contributed by atoms with Gasteiger partial charge >= 0.3 is 6.18 Å². The van der Waals surface area contributed by atoms with Crippen LogP contribution in [0.4, 0.5) is 18.3 Å². The number of amides is 1. The highest BCUT2D eigenvalue weighted by atomic mass is 32.1. The summed E-state index contributed by atoms with van der Waals surface area (Å²) in [6.07, 6.45) is -3.06. The lowest BCUT2D eigenvalue weighted by molar-refractivity contribution is -0.147. The van der Waals surface area contributed by atoms with Gasteiger partial charge in [0.2, 0.25) is 11.7 Å². The van der Waals surface area contributed by atoms with Gasteiger partial charge in [-0.25, -0.2) is 9.97 Å². The highest BCUT2D eigenvalue weighted by Crippen LogP contribution is 2.33. The Bertz CT molecular complexity index is 1260. The van der Waals surface area contributed by atoms with Gasteiger partial charge in [0.05, 0.1) is 27.8 Å². The predicted molar refractivity (Wildman–Crippen MR) is 122 cm³/mol. The Hall–Kier alpha value is -2.98. The molecular formula is C23H22F3N5OS. The third-order valence-electron chi connectivity index (χ3n) is 5.96. The first kappa shape index (κ1) is 21.8. The Labute approximate surface area is 192 Å². The zero-order valence-electron chi connectivity index (χ0n) is 17.7. The number of carbonyl (C=O) groups excluding carboxylic acids is 1. The lowest BCUT2D eigenvalue weighted by atomic mass is 9.96. The van der Waals surface area contributed by atoms with E-state index in [2.05, 4.69) is 15.3 Å². The molecule has 0 spiro atoms. The highest BCUT2D eigenvalue weighted by molar-refractivity contribution is 7.22. The number of nitrogens with zero attached hydrogens (tertiary/aromatic N) is 4. The van der Waals surface area contributed by atoms with Crippen molar-refractivity contribution in [2.75, 3.05) is 25.0 Å². The summed E-state index contributed by atoms with van der Waals surface area (Å²) in [5, 5.41) is 3.43. The molecule has 1 aliphatic rings. The van der Waals surface area contributed by atoms with Gasteiger partial charge in [0.15, 0.2) is 5.13 Å². The number of thiazole rings is 1. The van der Waals surface area contributed by atoms with E-state index in [0.29, 0.717) is 29.3 Å². The zero-order valence-corrected chi connectivity index (χ0v) is 18.5. The van der Waals surface area contributed by atoms with Crippen LogP contribution in [0.1, 0.15) is 18.7 Å². The summed E-state index contributed by atoms with van der Waals surface area (Å²) in [6, 6.07) is 14.4. The van der Waals surface area contributed by atoms with Crippen molar-refractivity contribution < 1.29 is 18.0 Å². The topological polar surface area (TPSA) is 63.1 Å². The van der Waals surface area contributed by atoms with E-state index in [1.54, 1.807) is 24.3 Å². The van der Waals surface area contributed by atoms with Crippen LogP contribution >= 0.6 is 11.3 Å². The fourth-order valence-electron chi connectivity index (χ4n) is 4.35. The van der Waals surface area contributed by atoms with Crippen molar-refractivity contribution in [1.82, 2.24) is 19.4 Å². The number of imidazole rings is 1. The molecule has 0 unspecified atom stereocenters. The number of benzene rings is 2. The number of carbonyl (C=O) groups is 1. The number of fused-ring (bicyclic) bond motifs is 2. The van der Waals surface area contributed by atoms with E-state index in [9.17, 15) is 18.0 Å². The predicted octanol–water partition coefficient (Wildman–Crippen LogP) is 5.02.